The standard InChI is InChI=1S/C10H16ClN3O2/c1-6-9(11)12-7(2)13-10(6)14-8(4-15)5-16-3/h8,15H,4-5H2,1-3H3,(H,12,13,14). The second-order valence-electron chi connectivity index (χ2n) is 3.51. The Morgan fingerprint density at radius 2 is 2.12 bits per heavy atom. The lowest BCUT2D eigenvalue weighted by Gasteiger charge is -2.17. The third-order valence-corrected chi connectivity index (χ3v) is 2.50. The van der Waals surface area contributed by atoms with Crippen molar-refractivity contribution in [2.45, 2.75) is 19.9 Å². The van der Waals surface area contributed by atoms with Crippen molar-refractivity contribution in [3.8, 4) is 0 Å². The Balaban J connectivity index is 2.87. The largest absolute Gasteiger partial charge is 0.394 e. The van der Waals surface area contributed by atoms with E-state index in [-0.39, 0.29) is 12.6 Å². The van der Waals surface area contributed by atoms with Crippen LogP contribution in [0.25, 0.3) is 0 Å². The van der Waals surface area contributed by atoms with Gasteiger partial charge in [0.1, 0.15) is 16.8 Å². The van der Waals surface area contributed by atoms with Crippen LogP contribution in [0.2, 0.25) is 5.15 Å². The van der Waals surface area contributed by atoms with Crippen LogP contribution in [0, 0.1) is 13.8 Å². The molecular formula is C10H16ClN3O2. The van der Waals surface area contributed by atoms with Crippen LogP contribution in [0.5, 0.6) is 0 Å². The third-order valence-electron chi connectivity index (χ3n) is 2.13. The maximum Gasteiger partial charge on any atom is 0.137 e. The summed E-state index contributed by atoms with van der Waals surface area (Å²) in [6.45, 7) is 3.96. The van der Waals surface area contributed by atoms with Crippen molar-refractivity contribution >= 4 is 17.4 Å². The molecule has 0 aliphatic heterocycles. The van der Waals surface area contributed by atoms with E-state index in [1.807, 2.05) is 6.92 Å². The molecule has 1 rings (SSSR count). The van der Waals surface area contributed by atoms with Crippen LogP contribution in [-0.4, -0.2) is 41.4 Å². The second-order valence-corrected chi connectivity index (χ2v) is 3.87. The number of ether oxygens (including phenoxy) is 1. The third kappa shape index (κ3) is 3.30. The van der Waals surface area contributed by atoms with Crippen LogP contribution in [0.3, 0.4) is 0 Å². The van der Waals surface area contributed by atoms with Crippen LogP contribution in [-0.2, 0) is 4.74 Å². The van der Waals surface area contributed by atoms with Gasteiger partial charge in [-0.2, -0.15) is 0 Å². The zero-order valence-corrected chi connectivity index (χ0v) is 10.4. The summed E-state index contributed by atoms with van der Waals surface area (Å²) in [4.78, 5) is 8.26. The highest BCUT2D eigenvalue weighted by molar-refractivity contribution is 6.30. The van der Waals surface area contributed by atoms with Crippen LogP contribution < -0.4 is 5.32 Å². The molecule has 1 aromatic rings. The van der Waals surface area contributed by atoms with Crippen LogP contribution >= 0.6 is 11.6 Å². The highest BCUT2D eigenvalue weighted by Gasteiger charge is 2.12. The lowest BCUT2D eigenvalue weighted by Crippen LogP contribution is -2.29. The number of anilines is 1. The number of aliphatic hydroxyl groups is 1. The summed E-state index contributed by atoms with van der Waals surface area (Å²) in [5.41, 5.74) is 0.766. The molecule has 1 atom stereocenters. The number of nitrogens with one attached hydrogen (secondary N) is 1. The number of methoxy groups -OCH3 is 1. The molecule has 0 bridgehead atoms. The van der Waals surface area contributed by atoms with E-state index in [0.717, 1.165) is 5.56 Å². The summed E-state index contributed by atoms with van der Waals surface area (Å²) >= 11 is 5.94. The van der Waals surface area contributed by atoms with Gasteiger partial charge < -0.3 is 15.2 Å². The fraction of sp³-hybridized carbons (Fsp3) is 0.600. The van der Waals surface area contributed by atoms with Gasteiger partial charge in [0.05, 0.1) is 19.3 Å². The molecule has 16 heavy (non-hydrogen) atoms. The Hall–Kier alpha value is -0.910. The number of rotatable bonds is 5. The van der Waals surface area contributed by atoms with E-state index < -0.39 is 0 Å². The molecule has 1 heterocycles. The molecule has 0 amide bonds. The molecule has 0 fully saturated rings. The fourth-order valence-corrected chi connectivity index (χ4v) is 1.48. The summed E-state index contributed by atoms with van der Waals surface area (Å²) in [5.74, 6) is 1.22. The van der Waals surface area contributed by atoms with Crippen LogP contribution in [0.1, 0.15) is 11.4 Å². The van der Waals surface area contributed by atoms with E-state index in [0.29, 0.717) is 23.4 Å². The Kier molecular flexibility index (Phi) is 4.92. The van der Waals surface area contributed by atoms with Crippen molar-refractivity contribution in [1.82, 2.24) is 9.97 Å². The first-order valence-corrected chi connectivity index (χ1v) is 5.33. The van der Waals surface area contributed by atoms with Crippen molar-refractivity contribution < 1.29 is 9.84 Å². The van der Waals surface area contributed by atoms with Crippen molar-refractivity contribution in [2.75, 3.05) is 25.6 Å². The monoisotopic (exact) mass is 245 g/mol. The average molecular weight is 246 g/mol. The molecule has 90 valence electrons. The SMILES string of the molecule is COCC(CO)Nc1nc(C)nc(Cl)c1C. The Bertz CT molecular complexity index is 360. The van der Waals surface area contributed by atoms with E-state index in [1.54, 1.807) is 14.0 Å². The molecule has 2 N–H and O–H groups in total. The summed E-state index contributed by atoms with van der Waals surface area (Å²) in [6.07, 6.45) is 0. The Labute approximate surface area is 99.8 Å². The van der Waals surface area contributed by atoms with Gasteiger partial charge in [-0.3, -0.25) is 0 Å². The van der Waals surface area contributed by atoms with Crippen molar-refractivity contribution in [2.24, 2.45) is 0 Å². The summed E-state index contributed by atoms with van der Waals surface area (Å²) in [7, 11) is 1.58. The van der Waals surface area contributed by atoms with Crippen molar-refractivity contribution in [1.29, 1.82) is 0 Å². The zero-order valence-electron chi connectivity index (χ0n) is 9.62. The summed E-state index contributed by atoms with van der Waals surface area (Å²) < 4.78 is 4.97. The number of aryl methyl sites for hydroxylation is 1. The van der Waals surface area contributed by atoms with Crippen molar-refractivity contribution in [3.05, 3.63) is 16.5 Å². The van der Waals surface area contributed by atoms with Gasteiger partial charge in [-0.05, 0) is 13.8 Å². The molecule has 0 spiro atoms. The van der Waals surface area contributed by atoms with E-state index >= 15 is 0 Å². The van der Waals surface area contributed by atoms with Gasteiger partial charge in [-0.1, -0.05) is 11.6 Å². The van der Waals surface area contributed by atoms with Gasteiger partial charge in [-0.25, -0.2) is 9.97 Å². The molecule has 1 aromatic heterocycles. The first kappa shape index (κ1) is 13.2. The lowest BCUT2D eigenvalue weighted by atomic mass is 10.3. The Morgan fingerprint density at radius 1 is 1.44 bits per heavy atom. The second kappa shape index (κ2) is 5.98. The maximum absolute atomic E-state index is 9.13. The number of nitrogens with zero attached hydrogens (tertiary/aromatic N) is 2. The number of hydrogen-bond donors (Lipinski definition) is 2. The van der Waals surface area contributed by atoms with Crippen molar-refractivity contribution in [3.63, 3.8) is 0 Å². The molecule has 5 nitrogen and oxygen atoms in total. The number of halogens is 1. The van der Waals surface area contributed by atoms with Gasteiger partial charge in [0, 0.05) is 12.7 Å². The first-order valence-electron chi connectivity index (χ1n) is 4.95. The smallest absolute Gasteiger partial charge is 0.137 e. The molecule has 0 saturated carbocycles. The highest BCUT2D eigenvalue weighted by atomic mass is 35.5. The summed E-state index contributed by atoms with van der Waals surface area (Å²) in [5, 5.41) is 12.6. The number of aliphatic hydroxyl groups excluding tert-OH is 1. The predicted octanol–water partition coefficient (Wildman–Crippen LogP) is 1.17. The first-order chi connectivity index (χ1) is 7.58. The molecule has 0 saturated heterocycles. The minimum atomic E-state index is -0.200. The van der Waals surface area contributed by atoms with E-state index in [4.69, 9.17) is 21.4 Å². The number of hydrogen-bond acceptors (Lipinski definition) is 5. The van der Waals surface area contributed by atoms with Gasteiger partial charge in [0.25, 0.3) is 0 Å². The molecular weight excluding hydrogens is 230 g/mol. The lowest BCUT2D eigenvalue weighted by molar-refractivity contribution is 0.153. The minimum absolute atomic E-state index is 0.0338. The predicted molar refractivity (Wildman–Crippen MR) is 62.9 cm³/mol. The fourth-order valence-electron chi connectivity index (χ4n) is 1.27. The quantitative estimate of drug-likeness (QED) is 0.763. The molecule has 6 heteroatoms. The molecule has 0 aliphatic rings. The summed E-state index contributed by atoms with van der Waals surface area (Å²) in [6, 6.07) is -0.200. The molecule has 0 radical (unpaired) electrons. The Morgan fingerprint density at radius 3 is 2.69 bits per heavy atom. The van der Waals surface area contributed by atoms with E-state index in [9.17, 15) is 0 Å². The maximum atomic E-state index is 9.13. The molecule has 0 aromatic carbocycles. The minimum Gasteiger partial charge on any atom is -0.394 e. The zero-order chi connectivity index (χ0) is 12.1. The van der Waals surface area contributed by atoms with Gasteiger partial charge in [0.15, 0.2) is 0 Å². The van der Waals surface area contributed by atoms with Crippen LogP contribution in [0.15, 0.2) is 0 Å². The van der Waals surface area contributed by atoms with E-state index in [2.05, 4.69) is 15.3 Å². The molecule has 0 aliphatic carbocycles. The van der Waals surface area contributed by atoms with Gasteiger partial charge in [-0.15, -0.1) is 0 Å². The normalized spacial score (nSPS) is 12.6. The highest BCUT2D eigenvalue weighted by Crippen LogP contribution is 2.20. The topological polar surface area (TPSA) is 67.3 Å². The van der Waals surface area contributed by atoms with Crippen LogP contribution in [0.4, 0.5) is 5.82 Å². The average Bonchev–Trinajstić information content (AvgIpc) is 2.24. The molecule has 1 unspecified atom stereocenters. The van der Waals surface area contributed by atoms with Gasteiger partial charge >= 0.3 is 0 Å². The van der Waals surface area contributed by atoms with Gasteiger partial charge in [0.2, 0.25) is 0 Å². The number of aromatic nitrogens is 2. The van der Waals surface area contributed by atoms with E-state index in [1.165, 1.54) is 0 Å².